The van der Waals surface area contributed by atoms with Crippen LogP contribution in [0.15, 0.2) is 41.3 Å². The summed E-state index contributed by atoms with van der Waals surface area (Å²) >= 11 is 5.31. The molecule has 0 saturated carbocycles. The van der Waals surface area contributed by atoms with Crippen LogP contribution in [0.3, 0.4) is 0 Å². The summed E-state index contributed by atoms with van der Waals surface area (Å²) in [5, 5.41) is 8.08. The third-order valence-corrected chi connectivity index (χ3v) is 5.49. The molecule has 160 valence electrons. The fourth-order valence-electron chi connectivity index (χ4n) is 2.95. The number of imidazole rings is 1. The zero-order valence-corrected chi connectivity index (χ0v) is 17.5. The minimum atomic E-state index is -4.95. The van der Waals surface area contributed by atoms with Crippen molar-refractivity contribution in [2.45, 2.75) is 24.6 Å². The number of alkyl halides is 3. The van der Waals surface area contributed by atoms with Crippen molar-refractivity contribution >= 4 is 44.0 Å². The zero-order chi connectivity index (χ0) is 22.3. The number of anilines is 1. The van der Waals surface area contributed by atoms with E-state index in [1.165, 1.54) is 0 Å². The first kappa shape index (κ1) is 22.0. The lowest BCUT2D eigenvalue weighted by Crippen LogP contribution is -2.20. The average Bonchev–Trinajstić information content (AvgIpc) is 2.89. The van der Waals surface area contributed by atoms with Crippen molar-refractivity contribution < 1.29 is 26.3 Å². The number of ether oxygens (including phenoxy) is 1. The van der Waals surface area contributed by atoms with E-state index in [-0.39, 0.29) is 21.9 Å². The number of nitrogens with zero attached hydrogens (tertiary/aromatic N) is 2. The number of rotatable bonds is 5. The number of sulfonamides is 1. The Kier molecular flexibility index (Phi) is 5.76. The summed E-state index contributed by atoms with van der Waals surface area (Å²) in [5.41, 5.74) is 2.02. The van der Waals surface area contributed by atoms with E-state index in [2.05, 4.69) is 15.0 Å². The predicted octanol–water partition coefficient (Wildman–Crippen LogP) is 3.41. The minimum Gasteiger partial charge on any atom is -0.405 e. The molecular formula is C18H17F3N4O3S2. The van der Waals surface area contributed by atoms with Gasteiger partial charge in [-0.1, -0.05) is 18.3 Å². The Balaban J connectivity index is 1.94. The number of benzene rings is 2. The molecule has 1 aromatic heterocycles. The maximum Gasteiger partial charge on any atom is 0.573 e. The molecule has 0 unspecified atom stereocenters. The molecule has 1 heterocycles. The quantitative estimate of drug-likeness (QED) is 0.569. The maximum atomic E-state index is 12.7. The Morgan fingerprint density at radius 1 is 1.30 bits per heavy atom. The Bertz CT molecular complexity index is 1240. The normalized spacial score (nSPS) is 12.2. The summed E-state index contributed by atoms with van der Waals surface area (Å²) in [6, 6.07) is 8.19. The monoisotopic (exact) mass is 458 g/mol. The summed E-state index contributed by atoms with van der Waals surface area (Å²) in [6.07, 6.45) is -5.16. The average molecular weight is 458 g/mol. The van der Waals surface area contributed by atoms with Crippen molar-refractivity contribution in [2.75, 3.05) is 5.32 Å². The first-order chi connectivity index (χ1) is 13.8. The van der Waals surface area contributed by atoms with Gasteiger partial charge in [-0.25, -0.2) is 18.5 Å². The van der Waals surface area contributed by atoms with Crippen LogP contribution in [0, 0.1) is 6.92 Å². The van der Waals surface area contributed by atoms with E-state index in [0.717, 1.165) is 35.1 Å². The van der Waals surface area contributed by atoms with Crippen molar-refractivity contribution in [3.63, 3.8) is 0 Å². The second-order valence-corrected chi connectivity index (χ2v) is 8.53. The second-order valence-electron chi connectivity index (χ2n) is 6.48. The fourth-order valence-corrected chi connectivity index (χ4v) is 3.78. The molecule has 0 spiro atoms. The van der Waals surface area contributed by atoms with Gasteiger partial charge in [0, 0.05) is 19.0 Å². The molecule has 0 amide bonds. The fraction of sp³-hybridized carbons (Fsp3) is 0.222. The Hall–Kier alpha value is -2.70. The zero-order valence-electron chi connectivity index (χ0n) is 15.8. The van der Waals surface area contributed by atoms with Crippen LogP contribution in [0.4, 0.5) is 18.9 Å². The SMILES string of the molecule is Cc1nc2cccc(NC(=S)Cc3cc(S(N)(=O)=O)ccc3OC(F)(F)F)c2n1C. The molecular weight excluding hydrogens is 441 g/mol. The van der Waals surface area contributed by atoms with Crippen LogP contribution in [0.1, 0.15) is 11.4 Å². The van der Waals surface area contributed by atoms with Crippen LogP contribution in [0.2, 0.25) is 0 Å². The van der Waals surface area contributed by atoms with Crippen molar-refractivity contribution in [1.82, 2.24) is 9.55 Å². The smallest absolute Gasteiger partial charge is 0.405 e. The van der Waals surface area contributed by atoms with Crippen LogP contribution >= 0.6 is 12.2 Å². The van der Waals surface area contributed by atoms with Gasteiger partial charge in [0.25, 0.3) is 0 Å². The topological polar surface area (TPSA) is 99.2 Å². The lowest BCUT2D eigenvalue weighted by Gasteiger charge is -2.16. The summed E-state index contributed by atoms with van der Waals surface area (Å²) in [6.45, 7) is 1.83. The third-order valence-electron chi connectivity index (χ3n) is 4.33. The number of aromatic nitrogens is 2. The van der Waals surface area contributed by atoms with E-state index in [1.54, 1.807) is 12.1 Å². The molecule has 0 aliphatic heterocycles. The van der Waals surface area contributed by atoms with Gasteiger partial charge < -0.3 is 14.6 Å². The number of hydrogen-bond acceptors (Lipinski definition) is 5. The van der Waals surface area contributed by atoms with Gasteiger partial charge in [-0.2, -0.15) is 0 Å². The van der Waals surface area contributed by atoms with Gasteiger partial charge in [-0.15, -0.1) is 13.2 Å². The van der Waals surface area contributed by atoms with Crippen LogP contribution < -0.4 is 15.2 Å². The Morgan fingerprint density at radius 3 is 2.63 bits per heavy atom. The molecule has 0 atom stereocenters. The van der Waals surface area contributed by atoms with Crippen molar-refractivity contribution in [1.29, 1.82) is 0 Å². The summed E-state index contributed by atoms with van der Waals surface area (Å²) in [7, 11) is -2.30. The molecule has 3 rings (SSSR count). The largest absolute Gasteiger partial charge is 0.573 e. The number of primary sulfonamides is 1. The van der Waals surface area contributed by atoms with Gasteiger partial charge >= 0.3 is 6.36 Å². The standard InChI is InChI=1S/C18H17F3N4O3S2/c1-10-23-13-4-3-5-14(17(13)25(10)2)24-16(29)9-11-8-12(30(22,26)27)6-7-15(11)28-18(19,20)21/h3-8H,9H2,1-2H3,(H,24,29)(H2,22,26,27). The number of aryl methyl sites for hydroxylation is 2. The molecule has 0 aliphatic rings. The van der Waals surface area contributed by atoms with Crippen molar-refractivity contribution in [3.05, 3.63) is 47.8 Å². The molecule has 7 nitrogen and oxygen atoms in total. The summed E-state index contributed by atoms with van der Waals surface area (Å²) in [5.74, 6) is 0.209. The highest BCUT2D eigenvalue weighted by molar-refractivity contribution is 7.89. The van der Waals surface area contributed by atoms with Crippen molar-refractivity contribution in [2.24, 2.45) is 12.2 Å². The molecule has 0 aliphatic carbocycles. The van der Waals surface area contributed by atoms with Gasteiger partial charge in [0.2, 0.25) is 10.0 Å². The highest BCUT2D eigenvalue weighted by atomic mass is 32.2. The minimum absolute atomic E-state index is 0.0790. The van der Waals surface area contributed by atoms with E-state index >= 15 is 0 Å². The number of hydrogen-bond donors (Lipinski definition) is 2. The maximum absolute atomic E-state index is 12.7. The van der Waals surface area contributed by atoms with Gasteiger partial charge in [0.05, 0.1) is 26.6 Å². The number of para-hydroxylation sites is 1. The van der Waals surface area contributed by atoms with Gasteiger partial charge in [-0.05, 0) is 37.3 Å². The lowest BCUT2D eigenvalue weighted by molar-refractivity contribution is -0.274. The summed E-state index contributed by atoms with van der Waals surface area (Å²) in [4.78, 5) is 4.22. The highest BCUT2D eigenvalue weighted by Crippen LogP contribution is 2.30. The Labute approximate surface area is 175 Å². The van der Waals surface area contributed by atoms with Crippen LogP contribution in [0.5, 0.6) is 5.75 Å². The molecule has 30 heavy (non-hydrogen) atoms. The third kappa shape index (κ3) is 4.89. The number of nitrogens with two attached hydrogens (primary N) is 1. The van der Waals surface area contributed by atoms with Gasteiger partial charge in [-0.3, -0.25) is 0 Å². The predicted molar refractivity (Wildman–Crippen MR) is 110 cm³/mol. The molecule has 0 radical (unpaired) electrons. The van der Waals surface area contributed by atoms with Crippen LogP contribution in [0.25, 0.3) is 11.0 Å². The summed E-state index contributed by atoms with van der Waals surface area (Å²) < 4.78 is 67.3. The van der Waals surface area contributed by atoms with E-state index in [9.17, 15) is 21.6 Å². The molecule has 3 N–H and O–H groups in total. The van der Waals surface area contributed by atoms with E-state index in [4.69, 9.17) is 17.4 Å². The molecule has 0 fully saturated rings. The van der Waals surface area contributed by atoms with E-state index in [1.807, 2.05) is 24.6 Å². The molecule has 0 saturated heterocycles. The van der Waals surface area contributed by atoms with Gasteiger partial charge in [0.1, 0.15) is 11.6 Å². The number of fused-ring (bicyclic) bond motifs is 1. The number of halogens is 3. The number of thiocarbonyl (C=S) groups is 1. The van der Waals surface area contributed by atoms with Crippen LogP contribution in [-0.4, -0.2) is 29.3 Å². The van der Waals surface area contributed by atoms with Crippen LogP contribution in [-0.2, 0) is 23.5 Å². The first-order valence-corrected chi connectivity index (χ1v) is 10.4. The Morgan fingerprint density at radius 2 is 2.00 bits per heavy atom. The van der Waals surface area contributed by atoms with Crippen molar-refractivity contribution in [3.8, 4) is 5.75 Å². The van der Waals surface area contributed by atoms with E-state index < -0.39 is 22.1 Å². The molecule has 3 aromatic rings. The first-order valence-electron chi connectivity index (χ1n) is 8.48. The lowest BCUT2D eigenvalue weighted by atomic mass is 10.1. The second kappa shape index (κ2) is 7.85. The highest BCUT2D eigenvalue weighted by Gasteiger charge is 2.32. The molecule has 12 heteroatoms. The number of nitrogens with one attached hydrogen (secondary N) is 1. The van der Waals surface area contributed by atoms with E-state index in [0.29, 0.717) is 5.69 Å². The molecule has 2 aromatic carbocycles. The molecule has 0 bridgehead atoms. The van der Waals surface area contributed by atoms with Gasteiger partial charge in [0.15, 0.2) is 0 Å².